The molecule has 2 nitrogen and oxygen atoms in total. The van der Waals surface area contributed by atoms with Gasteiger partial charge in [-0.2, -0.15) is 0 Å². The van der Waals surface area contributed by atoms with Crippen LogP contribution in [-0.2, 0) is 4.74 Å². The van der Waals surface area contributed by atoms with Gasteiger partial charge in [0.25, 0.3) is 0 Å². The van der Waals surface area contributed by atoms with Gasteiger partial charge in [0.15, 0.2) is 0 Å². The standard InChI is InChI=1S/C14H22FNO/c1-11(2)7-9-17-10-8-14(16)12-5-3-4-6-13(12)15/h3-6,11,14H,7-10,16H2,1-2H3. The number of rotatable bonds is 7. The Balaban J connectivity index is 2.26. The summed E-state index contributed by atoms with van der Waals surface area (Å²) in [6.45, 7) is 5.66. The molecule has 2 N–H and O–H groups in total. The summed E-state index contributed by atoms with van der Waals surface area (Å²) in [5, 5.41) is 0. The maximum atomic E-state index is 13.4. The smallest absolute Gasteiger partial charge is 0.127 e. The molecule has 0 spiro atoms. The first-order chi connectivity index (χ1) is 8.11. The number of nitrogens with two attached hydrogens (primary N) is 1. The summed E-state index contributed by atoms with van der Waals surface area (Å²) in [4.78, 5) is 0. The molecule has 1 rings (SSSR count). The number of halogens is 1. The van der Waals surface area contributed by atoms with Crippen molar-refractivity contribution in [3.05, 3.63) is 35.6 Å². The minimum Gasteiger partial charge on any atom is -0.381 e. The minimum atomic E-state index is -0.282. The first kappa shape index (κ1) is 14.1. The Morgan fingerprint density at radius 3 is 2.47 bits per heavy atom. The Labute approximate surface area is 103 Å². The lowest BCUT2D eigenvalue weighted by Crippen LogP contribution is -2.15. The van der Waals surface area contributed by atoms with E-state index in [9.17, 15) is 4.39 Å². The molecule has 0 amide bonds. The fourth-order valence-corrected chi connectivity index (χ4v) is 1.56. The molecular weight excluding hydrogens is 217 g/mol. The van der Waals surface area contributed by atoms with E-state index in [0.717, 1.165) is 13.0 Å². The van der Waals surface area contributed by atoms with Crippen LogP contribution >= 0.6 is 0 Å². The zero-order chi connectivity index (χ0) is 12.7. The molecule has 0 aromatic heterocycles. The lowest BCUT2D eigenvalue weighted by atomic mass is 10.0. The Morgan fingerprint density at radius 2 is 1.82 bits per heavy atom. The van der Waals surface area contributed by atoms with Crippen LogP contribution in [0, 0.1) is 11.7 Å². The molecule has 1 aromatic rings. The van der Waals surface area contributed by atoms with Gasteiger partial charge in [-0.05, 0) is 24.8 Å². The Bertz CT molecular complexity index is 328. The third kappa shape index (κ3) is 5.29. The van der Waals surface area contributed by atoms with Crippen molar-refractivity contribution in [3.8, 4) is 0 Å². The highest BCUT2D eigenvalue weighted by Gasteiger charge is 2.10. The first-order valence-electron chi connectivity index (χ1n) is 6.19. The van der Waals surface area contributed by atoms with Gasteiger partial charge in [-0.25, -0.2) is 4.39 Å². The zero-order valence-corrected chi connectivity index (χ0v) is 10.7. The van der Waals surface area contributed by atoms with Crippen molar-refractivity contribution in [2.24, 2.45) is 11.7 Å². The maximum Gasteiger partial charge on any atom is 0.127 e. The van der Waals surface area contributed by atoms with Gasteiger partial charge < -0.3 is 10.5 Å². The zero-order valence-electron chi connectivity index (χ0n) is 10.7. The molecule has 1 atom stereocenters. The average molecular weight is 239 g/mol. The van der Waals surface area contributed by atoms with E-state index in [1.807, 2.05) is 0 Å². The van der Waals surface area contributed by atoms with Gasteiger partial charge in [0, 0.05) is 24.8 Å². The largest absolute Gasteiger partial charge is 0.381 e. The van der Waals surface area contributed by atoms with E-state index in [-0.39, 0.29) is 11.9 Å². The van der Waals surface area contributed by atoms with Crippen molar-refractivity contribution in [2.75, 3.05) is 13.2 Å². The summed E-state index contributed by atoms with van der Waals surface area (Å²) in [5.74, 6) is 0.414. The molecule has 0 saturated carbocycles. The van der Waals surface area contributed by atoms with Gasteiger partial charge >= 0.3 is 0 Å². The number of hydrogen-bond acceptors (Lipinski definition) is 2. The van der Waals surface area contributed by atoms with Crippen LogP contribution < -0.4 is 5.73 Å². The highest BCUT2D eigenvalue weighted by atomic mass is 19.1. The van der Waals surface area contributed by atoms with Crippen molar-refractivity contribution in [3.63, 3.8) is 0 Å². The molecule has 0 aliphatic rings. The van der Waals surface area contributed by atoms with Crippen LogP contribution in [0.1, 0.15) is 38.3 Å². The predicted molar refractivity (Wildman–Crippen MR) is 68.2 cm³/mol. The second kappa shape index (κ2) is 7.41. The second-order valence-corrected chi connectivity index (χ2v) is 4.71. The molecule has 3 heteroatoms. The van der Waals surface area contributed by atoms with E-state index in [1.54, 1.807) is 18.2 Å². The monoisotopic (exact) mass is 239 g/mol. The summed E-state index contributed by atoms with van der Waals surface area (Å²) < 4.78 is 18.9. The van der Waals surface area contributed by atoms with Crippen LogP contribution in [0.2, 0.25) is 0 Å². The summed E-state index contributed by atoms with van der Waals surface area (Å²) in [7, 11) is 0. The van der Waals surface area contributed by atoms with Gasteiger partial charge in [-0.1, -0.05) is 32.0 Å². The Morgan fingerprint density at radius 1 is 1.18 bits per heavy atom. The predicted octanol–water partition coefficient (Wildman–Crippen LogP) is 3.28. The van der Waals surface area contributed by atoms with Crippen LogP contribution in [-0.4, -0.2) is 13.2 Å². The van der Waals surface area contributed by atoms with Crippen LogP contribution in [0.5, 0.6) is 0 Å². The highest BCUT2D eigenvalue weighted by Crippen LogP contribution is 2.17. The van der Waals surface area contributed by atoms with Gasteiger partial charge in [-0.3, -0.25) is 0 Å². The number of hydrogen-bond donors (Lipinski definition) is 1. The van der Waals surface area contributed by atoms with Crippen molar-refractivity contribution < 1.29 is 9.13 Å². The highest BCUT2D eigenvalue weighted by molar-refractivity contribution is 5.20. The third-order valence-corrected chi connectivity index (χ3v) is 2.72. The van der Waals surface area contributed by atoms with Gasteiger partial charge in [0.05, 0.1) is 0 Å². The molecular formula is C14H22FNO. The number of benzene rings is 1. The van der Waals surface area contributed by atoms with E-state index in [4.69, 9.17) is 10.5 Å². The molecule has 96 valence electrons. The van der Waals surface area contributed by atoms with E-state index in [2.05, 4.69) is 13.8 Å². The van der Waals surface area contributed by atoms with Crippen molar-refractivity contribution >= 4 is 0 Å². The quantitative estimate of drug-likeness (QED) is 0.741. The summed E-state index contributed by atoms with van der Waals surface area (Å²) in [6, 6.07) is 6.36. The van der Waals surface area contributed by atoms with Crippen LogP contribution in [0.3, 0.4) is 0 Å². The molecule has 0 aliphatic carbocycles. The molecule has 0 bridgehead atoms. The molecule has 0 heterocycles. The lowest BCUT2D eigenvalue weighted by molar-refractivity contribution is 0.117. The molecule has 1 unspecified atom stereocenters. The third-order valence-electron chi connectivity index (χ3n) is 2.72. The van der Waals surface area contributed by atoms with Crippen LogP contribution in [0.4, 0.5) is 4.39 Å². The van der Waals surface area contributed by atoms with Crippen molar-refractivity contribution in [2.45, 2.75) is 32.7 Å². The Kier molecular flexibility index (Phi) is 6.16. The molecule has 17 heavy (non-hydrogen) atoms. The van der Waals surface area contributed by atoms with Gasteiger partial charge in [-0.15, -0.1) is 0 Å². The molecule has 0 radical (unpaired) electrons. The summed E-state index contributed by atoms with van der Waals surface area (Å²) in [5.41, 5.74) is 6.49. The van der Waals surface area contributed by atoms with E-state index in [0.29, 0.717) is 24.5 Å². The van der Waals surface area contributed by atoms with Crippen molar-refractivity contribution in [1.82, 2.24) is 0 Å². The van der Waals surface area contributed by atoms with Gasteiger partial charge in [0.1, 0.15) is 5.82 Å². The molecule has 0 fully saturated rings. The Hall–Kier alpha value is -0.930. The van der Waals surface area contributed by atoms with E-state index < -0.39 is 0 Å². The SMILES string of the molecule is CC(C)CCOCCC(N)c1ccccc1F. The van der Waals surface area contributed by atoms with E-state index >= 15 is 0 Å². The summed E-state index contributed by atoms with van der Waals surface area (Å²) in [6.07, 6.45) is 1.70. The van der Waals surface area contributed by atoms with Crippen molar-refractivity contribution in [1.29, 1.82) is 0 Å². The van der Waals surface area contributed by atoms with Crippen LogP contribution in [0.25, 0.3) is 0 Å². The molecule has 0 aliphatic heterocycles. The van der Waals surface area contributed by atoms with Crippen LogP contribution in [0.15, 0.2) is 24.3 Å². The molecule has 1 aromatic carbocycles. The topological polar surface area (TPSA) is 35.2 Å². The number of ether oxygens (including phenoxy) is 1. The maximum absolute atomic E-state index is 13.4. The van der Waals surface area contributed by atoms with Gasteiger partial charge in [0.2, 0.25) is 0 Å². The average Bonchev–Trinajstić information content (AvgIpc) is 2.28. The first-order valence-corrected chi connectivity index (χ1v) is 6.19. The molecule has 0 saturated heterocycles. The summed E-state index contributed by atoms with van der Waals surface area (Å²) >= 11 is 0. The lowest BCUT2D eigenvalue weighted by Gasteiger charge is -2.13. The fraction of sp³-hybridized carbons (Fsp3) is 0.571. The van der Waals surface area contributed by atoms with E-state index in [1.165, 1.54) is 6.07 Å². The normalized spacial score (nSPS) is 13.0. The minimum absolute atomic E-state index is 0.234. The second-order valence-electron chi connectivity index (χ2n) is 4.71. The fourth-order valence-electron chi connectivity index (χ4n) is 1.56.